The molecule has 0 atom stereocenters. The predicted octanol–water partition coefficient (Wildman–Crippen LogP) is 1.96. The smallest absolute Gasteiger partial charge is 0.236 e. The van der Waals surface area contributed by atoms with Crippen LogP contribution in [0.1, 0.15) is 31.7 Å². The maximum absolute atomic E-state index is 13.3. The monoisotopic (exact) mass is 403 g/mol. The van der Waals surface area contributed by atoms with Gasteiger partial charge in [0, 0.05) is 52.4 Å². The van der Waals surface area contributed by atoms with Crippen molar-refractivity contribution in [1.82, 2.24) is 20.0 Å². The van der Waals surface area contributed by atoms with Gasteiger partial charge in [0.15, 0.2) is 5.96 Å². The molecule has 2 aliphatic heterocycles. The second kappa shape index (κ2) is 11.1. The minimum absolute atomic E-state index is 0.180. The first-order valence-corrected chi connectivity index (χ1v) is 10.9. The molecule has 0 saturated carbocycles. The molecule has 0 aliphatic carbocycles. The lowest BCUT2D eigenvalue weighted by Gasteiger charge is -2.36. The van der Waals surface area contributed by atoms with Crippen LogP contribution in [0.3, 0.4) is 0 Å². The summed E-state index contributed by atoms with van der Waals surface area (Å²) in [5.74, 6) is 1.03. The lowest BCUT2D eigenvalue weighted by molar-refractivity contribution is -0.131. The number of hydrogen-bond acceptors (Lipinski definition) is 3. The van der Waals surface area contributed by atoms with Gasteiger partial charge in [0.2, 0.25) is 5.91 Å². The number of rotatable bonds is 7. The zero-order valence-electron chi connectivity index (χ0n) is 17.6. The van der Waals surface area contributed by atoms with Crippen molar-refractivity contribution in [3.63, 3.8) is 0 Å². The highest BCUT2D eigenvalue weighted by Gasteiger charge is 2.24. The highest BCUT2D eigenvalue weighted by molar-refractivity contribution is 5.80. The molecule has 2 aliphatic rings. The fraction of sp³-hybridized carbons (Fsp3) is 0.636. The number of aryl methyl sites for hydroxylation is 1. The SMILES string of the molecule is CCNC(=NCCCc1cccc(F)c1)N1CCN(CC(=O)N2CCCC2)CC1. The number of carbonyl (C=O) groups excluding carboxylic acids is 1. The van der Waals surface area contributed by atoms with E-state index in [-0.39, 0.29) is 11.7 Å². The minimum Gasteiger partial charge on any atom is -0.357 e. The van der Waals surface area contributed by atoms with Crippen LogP contribution < -0.4 is 5.32 Å². The fourth-order valence-corrected chi connectivity index (χ4v) is 3.96. The van der Waals surface area contributed by atoms with Gasteiger partial charge >= 0.3 is 0 Å². The van der Waals surface area contributed by atoms with E-state index >= 15 is 0 Å². The molecule has 0 spiro atoms. The molecule has 1 aromatic rings. The van der Waals surface area contributed by atoms with E-state index in [4.69, 9.17) is 4.99 Å². The first-order chi connectivity index (χ1) is 14.2. The van der Waals surface area contributed by atoms with Gasteiger partial charge in [0.25, 0.3) is 0 Å². The van der Waals surface area contributed by atoms with Crippen molar-refractivity contribution >= 4 is 11.9 Å². The van der Waals surface area contributed by atoms with E-state index in [0.717, 1.165) is 83.0 Å². The maximum atomic E-state index is 13.3. The third-order valence-electron chi connectivity index (χ3n) is 5.60. The van der Waals surface area contributed by atoms with E-state index in [1.165, 1.54) is 6.07 Å². The average molecular weight is 404 g/mol. The van der Waals surface area contributed by atoms with E-state index in [9.17, 15) is 9.18 Å². The van der Waals surface area contributed by atoms with Gasteiger partial charge in [-0.1, -0.05) is 12.1 Å². The first-order valence-electron chi connectivity index (χ1n) is 10.9. The molecule has 1 amide bonds. The number of nitrogens with one attached hydrogen (secondary N) is 1. The normalized spacial score (nSPS) is 18.3. The Morgan fingerprint density at radius 3 is 2.55 bits per heavy atom. The van der Waals surface area contributed by atoms with Gasteiger partial charge in [0.05, 0.1) is 6.54 Å². The summed E-state index contributed by atoms with van der Waals surface area (Å²) in [6.45, 7) is 9.52. The van der Waals surface area contributed by atoms with Crippen molar-refractivity contribution < 1.29 is 9.18 Å². The molecule has 3 rings (SSSR count). The van der Waals surface area contributed by atoms with Crippen LogP contribution >= 0.6 is 0 Å². The maximum Gasteiger partial charge on any atom is 0.236 e. The van der Waals surface area contributed by atoms with Crippen LogP contribution in [0.4, 0.5) is 4.39 Å². The summed E-state index contributed by atoms with van der Waals surface area (Å²) in [7, 11) is 0. The molecule has 29 heavy (non-hydrogen) atoms. The van der Waals surface area contributed by atoms with Crippen LogP contribution in [-0.4, -0.2) is 85.5 Å². The molecule has 2 saturated heterocycles. The number of likely N-dealkylation sites (tertiary alicyclic amines) is 1. The van der Waals surface area contributed by atoms with Gasteiger partial charge < -0.3 is 15.1 Å². The summed E-state index contributed by atoms with van der Waals surface area (Å²) in [6.07, 6.45) is 4.00. The summed E-state index contributed by atoms with van der Waals surface area (Å²) >= 11 is 0. The predicted molar refractivity (Wildman–Crippen MR) is 115 cm³/mol. The van der Waals surface area contributed by atoms with Crippen molar-refractivity contribution in [3.8, 4) is 0 Å². The number of nitrogens with zero attached hydrogens (tertiary/aromatic N) is 4. The lowest BCUT2D eigenvalue weighted by Crippen LogP contribution is -2.54. The van der Waals surface area contributed by atoms with Crippen LogP contribution in [-0.2, 0) is 11.2 Å². The molecule has 1 N–H and O–H groups in total. The van der Waals surface area contributed by atoms with E-state index in [1.54, 1.807) is 12.1 Å². The van der Waals surface area contributed by atoms with Gasteiger partial charge in [-0.3, -0.25) is 14.7 Å². The molecule has 1 aromatic carbocycles. The highest BCUT2D eigenvalue weighted by atomic mass is 19.1. The number of halogens is 1. The molecule has 2 heterocycles. The Labute approximate surface area is 173 Å². The van der Waals surface area contributed by atoms with Crippen LogP contribution in [0.25, 0.3) is 0 Å². The second-order valence-electron chi connectivity index (χ2n) is 7.82. The van der Waals surface area contributed by atoms with E-state index in [2.05, 4.69) is 22.0 Å². The molecule has 0 unspecified atom stereocenters. The van der Waals surface area contributed by atoms with Crippen LogP contribution in [0.15, 0.2) is 29.3 Å². The molecule has 0 radical (unpaired) electrons. The fourth-order valence-electron chi connectivity index (χ4n) is 3.96. The first kappa shape index (κ1) is 21.6. The molecular weight excluding hydrogens is 369 g/mol. The van der Waals surface area contributed by atoms with Crippen LogP contribution in [0.5, 0.6) is 0 Å². The summed E-state index contributed by atoms with van der Waals surface area (Å²) < 4.78 is 13.3. The Morgan fingerprint density at radius 1 is 1.10 bits per heavy atom. The number of amides is 1. The van der Waals surface area contributed by atoms with Crippen molar-refractivity contribution in [2.24, 2.45) is 4.99 Å². The number of piperazine rings is 1. The molecule has 0 bridgehead atoms. The zero-order chi connectivity index (χ0) is 20.5. The van der Waals surface area contributed by atoms with Crippen LogP contribution in [0.2, 0.25) is 0 Å². The topological polar surface area (TPSA) is 51.2 Å². The van der Waals surface area contributed by atoms with Crippen LogP contribution in [0, 0.1) is 5.82 Å². The molecular formula is C22H34FN5O. The molecule has 2 fully saturated rings. The number of benzene rings is 1. The second-order valence-corrected chi connectivity index (χ2v) is 7.82. The summed E-state index contributed by atoms with van der Waals surface area (Å²) in [4.78, 5) is 23.7. The minimum atomic E-state index is -0.180. The van der Waals surface area contributed by atoms with Crippen molar-refractivity contribution in [3.05, 3.63) is 35.6 Å². The van der Waals surface area contributed by atoms with Gasteiger partial charge in [0.1, 0.15) is 5.82 Å². The number of guanidine groups is 1. The number of aliphatic imine (C=N–C) groups is 1. The molecule has 0 aromatic heterocycles. The summed E-state index contributed by atoms with van der Waals surface area (Å²) in [5, 5.41) is 3.38. The molecule has 7 heteroatoms. The Kier molecular flexibility index (Phi) is 8.28. The van der Waals surface area contributed by atoms with E-state index in [0.29, 0.717) is 13.1 Å². The summed E-state index contributed by atoms with van der Waals surface area (Å²) in [6, 6.07) is 6.79. The van der Waals surface area contributed by atoms with Crippen molar-refractivity contribution in [2.45, 2.75) is 32.6 Å². The van der Waals surface area contributed by atoms with E-state index in [1.807, 2.05) is 11.0 Å². The van der Waals surface area contributed by atoms with Gasteiger partial charge in [-0.15, -0.1) is 0 Å². The standard InChI is InChI=1S/C22H34FN5O/c1-2-24-22(25-10-6-8-19-7-5-9-20(23)17-19)28-15-13-26(14-16-28)18-21(29)27-11-3-4-12-27/h5,7,9,17H,2-4,6,8,10-16,18H2,1H3,(H,24,25). The van der Waals surface area contributed by atoms with E-state index < -0.39 is 0 Å². The van der Waals surface area contributed by atoms with Gasteiger partial charge in [-0.05, 0) is 50.3 Å². The van der Waals surface area contributed by atoms with Gasteiger partial charge in [-0.2, -0.15) is 0 Å². The summed E-state index contributed by atoms with van der Waals surface area (Å²) in [5.41, 5.74) is 1.02. The quantitative estimate of drug-likeness (QED) is 0.430. The Balaban J connectivity index is 1.43. The Bertz CT molecular complexity index is 682. The Hall–Kier alpha value is -2.15. The largest absolute Gasteiger partial charge is 0.357 e. The van der Waals surface area contributed by atoms with Crippen molar-refractivity contribution in [2.75, 3.05) is 58.9 Å². The lowest BCUT2D eigenvalue weighted by atomic mass is 10.1. The Morgan fingerprint density at radius 2 is 1.86 bits per heavy atom. The van der Waals surface area contributed by atoms with Gasteiger partial charge in [-0.25, -0.2) is 4.39 Å². The number of carbonyl (C=O) groups is 1. The highest BCUT2D eigenvalue weighted by Crippen LogP contribution is 2.10. The van der Waals surface area contributed by atoms with Crippen molar-refractivity contribution in [1.29, 1.82) is 0 Å². The third kappa shape index (κ3) is 6.70. The zero-order valence-corrected chi connectivity index (χ0v) is 17.6. The third-order valence-corrected chi connectivity index (χ3v) is 5.60. The average Bonchev–Trinajstić information content (AvgIpc) is 3.26. The molecule has 160 valence electrons. The molecule has 6 nitrogen and oxygen atoms in total. The number of hydrogen-bond donors (Lipinski definition) is 1.